The van der Waals surface area contributed by atoms with E-state index in [-0.39, 0.29) is 5.91 Å². The van der Waals surface area contributed by atoms with Gasteiger partial charge in [-0.3, -0.25) is 4.79 Å². The number of thiophene rings is 1. The highest BCUT2D eigenvalue weighted by atomic mass is 32.1. The molecule has 1 aliphatic rings. The molecule has 2 aromatic heterocycles. The second-order valence-corrected chi connectivity index (χ2v) is 7.58. The highest BCUT2D eigenvalue weighted by molar-refractivity contribution is 7.17. The van der Waals surface area contributed by atoms with E-state index in [4.69, 9.17) is 4.42 Å². The van der Waals surface area contributed by atoms with Crippen LogP contribution in [0.1, 0.15) is 35.2 Å². The lowest BCUT2D eigenvalue weighted by atomic mass is 9.97. The van der Waals surface area contributed by atoms with Crippen LogP contribution >= 0.6 is 11.3 Å². The molecular formula is C18H24N2O2S. The van der Waals surface area contributed by atoms with E-state index >= 15 is 0 Å². The summed E-state index contributed by atoms with van der Waals surface area (Å²) in [5.41, 5.74) is 0. The number of rotatable bonds is 3. The van der Waals surface area contributed by atoms with Crippen molar-refractivity contribution < 1.29 is 9.21 Å². The number of furan rings is 1. The van der Waals surface area contributed by atoms with Crippen LogP contribution in [0.15, 0.2) is 28.7 Å². The summed E-state index contributed by atoms with van der Waals surface area (Å²) in [5, 5.41) is 0. The zero-order valence-corrected chi connectivity index (χ0v) is 15.0. The van der Waals surface area contributed by atoms with E-state index < -0.39 is 0 Å². The highest BCUT2D eigenvalue weighted by Crippen LogP contribution is 2.31. The smallest absolute Gasteiger partial charge is 0.263 e. The molecule has 1 amide bonds. The first-order chi connectivity index (χ1) is 11.0. The maximum atomic E-state index is 12.8. The predicted molar refractivity (Wildman–Crippen MR) is 94.0 cm³/mol. The predicted octanol–water partition coefficient (Wildman–Crippen LogP) is 3.87. The highest BCUT2D eigenvalue weighted by Gasteiger charge is 2.29. The Bertz CT molecular complexity index is 691. The number of carbonyl (C=O) groups is 1. The first-order valence-corrected chi connectivity index (χ1v) is 8.91. The van der Waals surface area contributed by atoms with E-state index in [1.54, 1.807) is 0 Å². The Labute approximate surface area is 141 Å². The first kappa shape index (κ1) is 16.3. The average Bonchev–Trinajstić information content (AvgIpc) is 3.17. The molecule has 5 heteroatoms. The molecule has 1 saturated heterocycles. The number of piperidine rings is 1. The third kappa shape index (κ3) is 3.35. The molecule has 124 valence electrons. The first-order valence-electron chi connectivity index (χ1n) is 8.09. The fourth-order valence-corrected chi connectivity index (χ4v) is 4.06. The van der Waals surface area contributed by atoms with Crippen molar-refractivity contribution in [3.8, 4) is 10.6 Å². The summed E-state index contributed by atoms with van der Waals surface area (Å²) in [6, 6.07) is 8.63. The van der Waals surface area contributed by atoms with Gasteiger partial charge in [0.25, 0.3) is 5.91 Å². The standard InChI is InChI=1S/C18H24N2O2S/c1-12-11-14(9-10-19(12)3)20(4)18(21)17-8-7-16(23-17)15-6-5-13(2)22-15/h5-8,12,14H,9-11H2,1-4H3. The lowest BCUT2D eigenvalue weighted by Gasteiger charge is -2.39. The van der Waals surface area contributed by atoms with Gasteiger partial charge in [-0.15, -0.1) is 11.3 Å². The van der Waals surface area contributed by atoms with Gasteiger partial charge in [0, 0.05) is 25.7 Å². The van der Waals surface area contributed by atoms with Crippen molar-refractivity contribution in [2.45, 2.75) is 38.8 Å². The lowest BCUT2D eigenvalue weighted by Crippen LogP contribution is -2.47. The van der Waals surface area contributed by atoms with E-state index in [0.29, 0.717) is 12.1 Å². The van der Waals surface area contributed by atoms with Crippen molar-refractivity contribution in [3.63, 3.8) is 0 Å². The number of aryl methyl sites for hydroxylation is 1. The number of hydrogen-bond donors (Lipinski definition) is 0. The molecule has 0 N–H and O–H groups in total. The molecule has 0 aliphatic carbocycles. The van der Waals surface area contributed by atoms with Crippen molar-refractivity contribution in [1.29, 1.82) is 0 Å². The maximum Gasteiger partial charge on any atom is 0.263 e. The van der Waals surface area contributed by atoms with Gasteiger partial charge in [0.15, 0.2) is 0 Å². The molecular weight excluding hydrogens is 308 g/mol. The average molecular weight is 332 g/mol. The Morgan fingerprint density at radius 3 is 2.78 bits per heavy atom. The van der Waals surface area contributed by atoms with Gasteiger partial charge in [-0.05, 0) is 58.0 Å². The largest absolute Gasteiger partial charge is 0.461 e. The lowest BCUT2D eigenvalue weighted by molar-refractivity contribution is 0.0603. The molecule has 0 saturated carbocycles. The Morgan fingerprint density at radius 2 is 2.13 bits per heavy atom. The summed E-state index contributed by atoms with van der Waals surface area (Å²) in [6.45, 7) is 5.20. The molecule has 1 fully saturated rings. The van der Waals surface area contributed by atoms with Crippen molar-refractivity contribution in [2.24, 2.45) is 0 Å². The minimum absolute atomic E-state index is 0.117. The van der Waals surface area contributed by atoms with Crippen LogP contribution in [0.2, 0.25) is 0 Å². The van der Waals surface area contributed by atoms with Gasteiger partial charge in [-0.2, -0.15) is 0 Å². The monoisotopic (exact) mass is 332 g/mol. The topological polar surface area (TPSA) is 36.7 Å². The van der Waals surface area contributed by atoms with E-state index in [0.717, 1.165) is 40.7 Å². The van der Waals surface area contributed by atoms with Crippen molar-refractivity contribution in [2.75, 3.05) is 20.6 Å². The second kappa shape index (κ2) is 6.49. The summed E-state index contributed by atoms with van der Waals surface area (Å²) in [7, 11) is 4.08. The zero-order chi connectivity index (χ0) is 16.6. The molecule has 2 unspecified atom stereocenters. The summed E-state index contributed by atoms with van der Waals surface area (Å²) >= 11 is 1.51. The molecule has 1 aliphatic heterocycles. The molecule has 0 spiro atoms. The van der Waals surface area contributed by atoms with Crippen LogP contribution in [0, 0.1) is 6.92 Å². The molecule has 23 heavy (non-hydrogen) atoms. The molecule has 0 radical (unpaired) electrons. The second-order valence-electron chi connectivity index (χ2n) is 6.50. The van der Waals surface area contributed by atoms with Gasteiger partial charge >= 0.3 is 0 Å². The van der Waals surface area contributed by atoms with Gasteiger partial charge in [-0.25, -0.2) is 0 Å². The van der Waals surface area contributed by atoms with Gasteiger partial charge < -0.3 is 14.2 Å². The number of amides is 1. The fourth-order valence-electron chi connectivity index (χ4n) is 3.11. The van der Waals surface area contributed by atoms with Crippen LogP contribution in [0.3, 0.4) is 0 Å². The summed E-state index contributed by atoms with van der Waals surface area (Å²) in [5.74, 6) is 1.84. The normalized spacial score (nSPS) is 22.3. The van der Waals surface area contributed by atoms with Crippen LogP contribution in [0.4, 0.5) is 0 Å². The summed E-state index contributed by atoms with van der Waals surface area (Å²) in [6.07, 6.45) is 2.08. The quantitative estimate of drug-likeness (QED) is 0.856. The zero-order valence-electron chi connectivity index (χ0n) is 14.2. The van der Waals surface area contributed by atoms with Crippen molar-refractivity contribution in [1.82, 2.24) is 9.80 Å². The van der Waals surface area contributed by atoms with Crippen LogP contribution < -0.4 is 0 Å². The maximum absolute atomic E-state index is 12.8. The van der Waals surface area contributed by atoms with Crippen LogP contribution in [-0.4, -0.2) is 48.4 Å². The number of likely N-dealkylation sites (tertiary alicyclic amines) is 1. The molecule has 0 aromatic carbocycles. The van der Waals surface area contributed by atoms with Gasteiger partial charge in [0.05, 0.1) is 9.75 Å². The summed E-state index contributed by atoms with van der Waals surface area (Å²) < 4.78 is 5.65. The number of nitrogens with zero attached hydrogens (tertiary/aromatic N) is 2. The van der Waals surface area contributed by atoms with Crippen LogP contribution in [-0.2, 0) is 0 Å². The molecule has 0 bridgehead atoms. The third-order valence-corrected chi connectivity index (χ3v) is 5.94. The van der Waals surface area contributed by atoms with Crippen LogP contribution in [0.25, 0.3) is 10.6 Å². The van der Waals surface area contributed by atoms with E-state index in [1.807, 2.05) is 43.1 Å². The van der Waals surface area contributed by atoms with Crippen LogP contribution in [0.5, 0.6) is 0 Å². The van der Waals surface area contributed by atoms with Gasteiger partial charge in [0.2, 0.25) is 0 Å². The molecule has 4 nitrogen and oxygen atoms in total. The van der Waals surface area contributed by atoms with Crippen molar-refractivity contribution >= 4 is 17.2 Å². The van der Waals surface area contributed by atoms with E-state index in [2.05, 4.69) is 18.9 Å². The Morgan fingerprint density at radius 1 is 1.35 bits per heavy atom. The SMILES string of the molecule is Cc1ccc(-c2ccc(C(=O)N(C)C3CCN(C)C(C)C3)s2)o1. The Kier molecular flexibility index (Phi) is 4.60. The minimum Gasteiger partial charge on any atom is -0.461 e. The third-order valence-electron chi connectivity index (χ3n) is 4.85. The fraction of sp³-hybridized carbons (Fsp3) is 0.500. The number of carbonyl (C=O) groups excluding carboxylic acids is 1. The van der Waals surface area contributed by atoms with E-state index in [9.17, 15) is 4.79 Å². The Balaban J connectivity index is 1.72. The summed E-state index contributed by atoms with van der Waals surface area (Å²) in [4.78, 5) is 18.8. The molecule has 2 atom stereocenters. The van der Waals surface area contributed by atoms with Gasteiger partial charge in [0.1, 0.15) is 11.5 Å². The van der Waals surface area contributed by atoms with Crippen molar-refractivity contribution in [3.05, 3.63) is 34.9 Å². The molecule has 3 heterocycles. The minimum atomic E-state index is 0.117. The van der Waals surface area contributed by atoms with E-state index in [1.165, 1.54) is 11.3 Å². The Hall–Kier alpha value is -1.59. The van der Waals surface area contributed by atoms with Gasteiger partial charge in [-0.1, -0.05) is 0 Å². The molecule has 2 aromatic rings. The molecule has 3 rings (SSSR count). The number of hydrogen-bond acceptors (Lipinski definition) is 4.